The van der Waals surface area contributed by atoms with Crippen LogP contribution in [0.3, 0.4) is 0 Å². The Morgan fingerprint density at radius 1 is 0.900 bits per heavy atom. The number of nitrogens with zero attached hydrogens (tertiary/aromatic N) is 1. The van der Waals surface area contributed by atoms with E-state index in [1.54, 1.807) is 42.5 Å². The third-order valence-electron chi connectivity index (χ3n) is 8.84. The van der Waals surface area contributed by atoms with Gasteiger partial charge < -0.3 is 45.1 Å². The van der Waals surface area contributed by atoms with Gasteiger partial charge in [0.15, 0.2) is 6.29 Å². The fourth-order valence-corrected chi connectivity index (χ4v) is 6.12. The van der Waals surface area contributed by atoms with Crippen molar-refractivity contribution in [3.63, 3.8) is 0 Å². The number of aliphatic hydroxyl groups excluding tert-OH is 2. The van der Waals surface area contributed by atoms with E-state index in [0.29, 0.717) is 29.9 Å². The number of ether oxygens (including phenoxy) is 3. The molecule has 11 heteroatoms. The van der Waals surface area contributed by atoms with Crippen molar-refractivity contribution in [2.24, 2.45) is 5.92 Å². The molecule has 1 saturated heterocycles. The summed E-state index contributed by atoms with van der Waals surface area (Å²) in [5.74, 6) is -0.564. The van der Waals surface area contributed by atoms with E-state index in [0.717, 1.165) is 16.7 Å². The summed E-state index contributed by atoms with van der Waals surface area (Å²) in [5, 5.41) is 35.9. The molecule has 11 nitrogen and oxygen atoms in total. The Hall–Kier alpha value is -4.78. The number of methoxy groups -OCH3 is 1. The van der Waals surface area contributed by atoms with Gasteiger partial charge >= 0.3 is 12.0 Å². The van der Waals surface area contributed by atoms with Crippen LogP contribution in [-0.2, 0) is 32.0 Å². The standard InChI is InChI=1S/C39H45N3O8/c1-25-35(23-42(2)22-34(45)29-11-8-14-32(44)21-29)49-38(50-36(25)28-17-15-27(24-43)16-18-28)30-12-7-13-31(20-30)40-39(47)41-33(37(46)48-3)19-26-9-5-4-6-10-26/h4-18,20-21,25,33-36,38,43-45H,19,22-24H2,1-3H3,(H2,40,41,47)/t25-,33-,34+,35+,36+,38+/m0/s1. The summed E-state index contributed by atoms with van der Waals surface area (Å²) in [6.07, 6.45) is -2.04. The zero-order valence-electron chi connectivity index (χ0n) is 28.4. The average molecular weight is 684 g/mol. The van der Waals surface area contributed by atoms with Crippen molar-refractivity contribution in [2.45, 2.75) is 50.6 Å². The number of aliphatic hydroxyl groups is 2. The lowest BCUT2D eigenvalue weighted by atomic mass is 9.90. The van der Waals surface area contributed by atoms with Crippen molar-refractivity contribution in [3.8, 4) is 5.75 Å². The SMILES string of the molecule is COC(=O)[C@H](Cc1ccccc1)NC(=O)Nc1cccc([C@@H]2O[C@H](CN(C)C[C@@H](O)c3cccc(O)c3)[C@H](C)[C@H](c3ccc(CO)cc3)O2)c1. The second kappa shape index (κ2) is 17.2. The van der Waals surface area contributed by atoms with E-state index in [9.17, 15) is 24.9 Å². The molecule has 1 aliphatic heterocycles. The number of benzene rings is 4. The lowest BCUT2D eigenvalue weighted by Crippen LogP contribution is -2.45. The summed E-state index contributed by atoms with van der Waals surface area (Å²) in [6, 6.07) is 29.2. The number of phenolic OH excluding ortho intramolecular Hbond substituents is 1. The van der Waals surface area contributed by atoms with Crippen LogP contribution in [0.15, 0.2) is 103 Å². The molecule has 5 rings (SSSR count). The van der Waals surface area contributed by atoms with Gasteiger partial charge in [0.1, 0.15) is 11.8 Å². The van der Waals surface area contributed by atoms with Gasteiger partial charge in [0.2, 0.25) is 0 Å². The Morgan fingerprint density at radius 2 is 1.64 bits per heavy atom. The van der Waals surface area contributed by atoms with Crippen molar-refractivity contribution in [1.29, 1.82) is 0 Å². The Labute approximate surface area is 292 Å². The Kier molecular flexibility index (Phi) is 12.6. The molecule has 0 aromatic heterocycles. The summed E-state index contributed by atoms with van der Waals surface area (Å²) in [7, 11) is 3.19. The first-order valence-electron chi connectivity index (χ1n) is 16.6. The summed E-state index contributed by atoms with van der Waals surface area (Å²) in [5.41, 5.74) is 4.35. The topological polar surface area (TPSA) is 150 Å². The van der Waals surface area contributed by atoms with Crippen LogP contribution in [0.5, 0.6) is 5.75 Å². The number of aromatic hydroxyl groups is 1. The largest absolute Gasteiger partial charge is 0.508 e. The van der Waals surface area contributed by atoms with E-state index in [-0.39, 0.29) is 36.9 Å². The van der Waals surface area contributed by atoms with Crippen LogP contribution in [0.1, 0.15) is 53.2 Å². The second-order valence-corrected chi connectivity index (χ2v) is 12.6. The Bertz CT molecular complexity index is 1700. The van der Waals surface area contributed by atoms with Crippen molar-refractivity contribution >= 4 is 17.7 Å². The van der Waals surface area contributed by atoms with Crippen molar-refractivity contribution in [2.75, 3.05) is 32.6 Å². The molecule has 0 aliphatic carbocycles. The first-order chi connectivity index (χ1) is 24.1. The maximum Gasteiger partial charge on any atom is 0.328 e. The predicted molar refractivity (Wildman–Crippen MR) is 188 cm³/mol. The maximum atomic E-state index is 13.1. The van der Waals surface area contributed by atoms with Crippen LogP contribution < -0.4 is 10.6 Å². The molecule has 0 bridgehead atoms. The molecular weight excluding hydrogens is 638 g/mol. The number of urea groups is 1. The molecule has 4 aromatic rings. The van der Waals surface area contributed by atoms with Gasteiger partial charge in [-0.05, 0) is 53.6 Å². The molecule has 1 heterocycles. The van der Waals surface area contributed by atoms with Crippen molar-refractivity contribution < 1.29 is 39.1 Å². The molecule has 0 spiro atoms. The van der Waals surface area contributed by atoms with Gasteiger partial charge in [0.25, 0.3) is 0 Å². The smallest absolute Gasteiger partial charge is 0.328 e. The molecule has 0 unspecified atom stereocenters. The fourth-order valence-electron chi connectivity index (χ4n) is 6.12. The van der Waals surface area contributed by atoms with Gasteiger partial charge in [-0.25, -0.2) is 9.59 Å². The highest BCUT2D eigenvalue weighted by atomic mass is 16.7. The number of carbonyl (C=O) groups is 2. The Balaban J connectivity index is 1.32. The zero-order valence-corrected chi connectivity index (χ0v) is 28.4. The highest BCUT2D eigenvalue weighted by Gasteiger charge is 2.39. The molecular formula is C39H45N3O8. The van der Waals surface area contributed by atoms with E-state index in [1.165, 1.54) is 7.11 Å². The van der Waals surface area contributed by atoms with Crippen LogP contribution in [0.4, 0.5) is 10.5 Å². The number of likely N-dealkylation sites (N-methyl/N-ethyl adjacent to an activating group) is 1. The van der Waals surface area contributed by atoms with E-state index < -0.39 is 30.4 Å². The number of nitrogens with one attached hydrogen (secondary N) is 2. The van der Waals surface area contributed by atoms with Crippen molar-refractivity contribution in [1.82, 2.24) is 10.2 Å². The van der Waals surface area contributed by atoms with E-state index >= 15 is 0 Å². The number of hydrogen-bond donors (Lipinski definition) is 5. The molecule has 6 atom stereocenters. The van der Waals surface area contributed by atoms with E-state index in [4.69, 9.17) is 14.2 Å². The minimum absolute atomic E-state index is 0.0674. The predicted octanol–water partition coefficient (Wildman–Crippen LogP) is 5.25. The number of carbonyl (C=O) groups excluding carboxylic acids is 2. The summed E-state index contributed by atoms with van der Waals surface area (Å²) >= 11 is 0. The van der Waals surface area contributed by atoms with Gasteiger partial charge in [0.05, 0.1) is 32.0 Å². The lowest BCUT2D eigenvalue weighted by Gasteiger charge is -2.42. The van der Waals surface area contributed by atoms with Crippen LogP contribution in [-0.4, -0.2) is 71.6 Å². The van der Waals surface area contributed by atoms with Crippen LogP contribution >= 0.6 is 0 Å². The molecule has 0 saturated carbocycles. The van der Waals surface area contributed by atoms with Crippen LogP contribution in [0.2, 0.25) is 0 Å². The molecule has 5 N–H and O–H groups in total. The molecule has 1 aliphatic rings. The Morgan fingerprint density at radius 3 is 2.34 bits per heavy atom. The molecule has 2 amide bonds. The number of anilines is 1. The summed E-state index contributed by atoms with van der Waals surface area (Å²) < 4.78 is 18.1. The second-order valence-electron chi connectivity index (χ2n) is 12.6. The molecule has 4 aromatic carbocycles. The van der Waals surface area contributed by atoms with Gasteiger partial charge in [-0.1, -0.05) is 85.8 Å². The zero-order chi connectivity index (χ0) is 35.6. The minimum atomic E-state index is -0.890. The van der Waals surface area contributed by atoms with Gasteiger partial charge in [-0.15, -0.1) is 0 Å². The van der Waals surface area contributed by atoms with E-state index in [2.05, 4.69) is 17.6 Å². The number of amides is 2. The number of hydrogen-bond acceptors (Lipinski definition) is 9. The number of esters is 1. The van der Waals surface area contributed by atoms with Crippen molar-refractivity contribution in [3.05, 3.63) is 131 Å². The van der Waals surface area contributed by atoms with Crippen LogP contribution in [0, 0.1) is 5.92 Å². The number of phenols is 1. The third kappa shape index (κ3) is 9.68. The maximum absolute atomic E-state index is 13.1. The average Bonchev–Trinajstić information content (AvgIpc) is 3.12. The monoisotopic (exact) mass is 683 g/mol. The number of rotatable bonds is 13. The first-order valence-corrected chi connectivity index (χ1v) is 16.6. The van der Waals surface area contributed by atoms with Gasteiger partial charge in [-0.2, -0.15) is 0 Å². The molecule has 50 heavy (non-hydrogen) atoms. The van der Waals surface area contributed by atoms with Gasteiger partial charge in [0, 0.05) is 36.7 Å². The fraction of sp³-hybridized carbons (Fsp3) is 0.333. The molecule has 1 fully saturated rings. The highest BCUT2D eigenvalue weighted by Crippen LogP contribution is 2.42. The third-order valence-corrected chi connectivity index (χ3v) is 8.84. The highest BCUT2D eigenvalue weighted by molar-refractivity contribution is 5.92. The quantitative estimate of drug-likeness (QED) is 0.119. The minimum Gasteiger partial charge on any atom is -0.508 e. The van der Waals surface area contributed by atoms with Crippen LogP contribution in [0.25, 0.3) is 0 Å². The lowest BCUT2D eigenvalue weighted by molar-refractivity contribution is -0.276. The van der Waals surface area contributed by atoms with E-state index in [1.807, 2.05) is 72.6 Å². The normalized spacial score (nSPS) is 20.1. The molecule has 264 valence electrons. The summed E-state index contributed by atoms with van der Waals surface area (Å²) in [6.45, 7) is 2.77. The first kappa shape index (κ1) is 36.5. The van der Waals surface area contributed by atoms with Gasteiger partial charge in [-0.3, -0.25) is 0 Å². The molecule has 0 radical (unpaired) electrons. The summed E-state index contributed by atoms with van der Waals surface area (Å²) in [4.78, 5) is 27.6.